The zero-order valence-corrected chi connectivity index (χ0v) is 14.3. The predicted molar refractivity (Wildman–Crippen MR) is 97.1 cm³/mol. The molecule has 23 heavy (non-hydrogen) atoms. The minimum atomic E-state index is 0.614. The Labute approximate surface area is 140 Å². The summed E-state index contributed by atoms with van der Waals surface area (Å²) in [7, 11) is 0. The maximum absolute atomic E-state index is 2.57. The Morgan fingerprint density at radius 3 is 1.87 bits per heavy atom. The summed E-state index contributed by atoms with van der Waals surface area (Å²) >= 11 is 0. The van der Waals surface area contributed by atoms with Gasteiger partial charge in [0.05, 0.1) is 0 Å². The first-order valence-corrected chi connectivity index (χ1v) is 9.23. The van der Waals surface area contributed by atoms with Gasteiger partial charge in [-0.25, -0.2) is 0 Å². The molecular formula is C22H27N. The van der Waals surface area contributed by atoms with Gasteiger partial charge in [0.25, 0.3) is 0 Å². The fraction of sp³-hybridized carbons (Fsp3) is 0.455. The number of rotatable bonds is 5. The molecule has 0 saturated heterocycles. The smallest absolute Gasteiger partial charge is 0.0124 e. The third-order valence-electron chi connectivity index (χ3n) is 6.13. The predicted octanol–water partition coefficient (Wildman–Crippen LogP) is 5.02. The average Bonchev–Trinajstić information content (AvgIpc) is 2.63. The molecule has 1 unspecified atom stereocenters. The first-order valence-electron chi connectivity index (χ1n) is 9.23. The number of benzene rings is 2. The summed E-state index contributed by atoms with van der Waals surface area (Å²) in [4.78, 5) is 2.57. The van der Waals surface area contributed by atoms with Gasteiger partial charge >= 0.3 is 0 Å². The number of hydrogen-bond acceptors (Lipinski definition) is 1. The van der Waals surface area contributed by atoms with Crippen molar-refractivity contribution in [1.29, 1.82) is 0 Å². The lowest BCUT2D eigenvalue weighted by atomic mass is 9.58. The fourth-order valence-corrected chi connectivity index (χ4v) is 4.93. The Balaban J connectivity index is 1.68. The highest BCUT2D eigenvalue weighted by Crippen LogP contribution is 2.56. The molecule has 1 heteroatoms. The number of fused-ring (bicyclic) bond motifs is 1. The molecule has 0 saturated carbocycles. The van der Waals surface area contributed by atoms with Crippen LogP contribution in [-0.4, -0.2) is 24.5 Å². The van der Waals surface area contributed by atoms with Gasteiger partial charge in [-0.2, -0.15) is 0 Å². The first-order chi connectivity index (χ1) is 11.3. The van der Waals surface area contributed by atoms with Gasteiger partial charge in [-0.15, -0.1) is 0 Å². The van der Waals surface area contributed by atoms with Crippen LogP contribution in [0.15, 0.2) is 48.5 Å². The average molecular weight is 305 g/mol. The molecule has 0 fully saturated rings. The van der Waals surface area contributed by atoms with Gasteiger partial charge in [0.1, 0.15) is 0 Å². The van der Waals surface area contributed by atoms with E-state index in [1.807, 2.05) is 0 Å². The molecule has 120 valence electrons. The molecule has 0 N–H and O–H groups in total. The molecule has 2 bridgehead atoms. The van der Waals surface area contributed by atoms with E-state index in [2.05, 4.69) is 67.3 Å². The van der Waals surface area contributed by atoms with Crippen LogP contribution < -0.4 is 0 Å². The maximum atomic E-state index is 2.57. The Morgan fingerprint density at radius 1 is 0.826 bits per heavy atom. The molecule has 1 atom stereocenters. The standard InChI is InChI=1S/C22H27N/c1-3-23(4-2)14-13-16-15-21-17-9-5-7-11-19(17)22(16)20-12-8-6-10-18(20)21/h5-12,16,21-22H,3-4,13-15H2,1-2H3. The monoisotopic (exact) mass is 305 g/mol. The zero-order valence-electron chi connectivity index (χ0n) is 14.3. The number of nitrogens with zero attached hydrogens (tertiary/aromatic N) is 1. The second kappa shape index (κ2) is 6.13. The first kappa shape index (κ1) is 15.0. The van der Waals surface area contributed by atoms with Crippen LogP contribution >= 0.6 is 0 Å². The van der Waals surface area contributed by atoms with Gasteiger partial charge in [-0.3, -0.25) is 0 Å². The van der Waals surface area contributed by atoms with Gasteiger partial charge in [-0.05, 0) is 60.6 Å². The lowest BCUT2D eigenvalue weighted by Gasteiger charge is -2.46. The van der Waals surface area contributed by atoms with Crippen molar-refractivity contribution in [3.8, 4) is 0 Å². The lowest BCUT2D eigenvalue weighted by Crippen LogP contribution is -2.34. The second-order valence-electron chi connectivity index (χ2n) is 7.10. The maximum Gasteiger partial charge on any atom is 0.0124 e. The van der Waals surface area contributed by atoms with E-state index in [9.17, 15) is 0 Å². The van der Waals surface area contributed by atoms with Crippen LogP contribution in [-0.2, 0) is 0 Å². The molecule has 3 aliphatic rings. The summed E-state index contributed by atoms with van der Waals surface area (Å²) in [5, 5.41) is 0. The molecule has 0 heterocycles. The minimum absolute atomic E-state index is 0.614. The fourth-order valence-electron chi connectivity index (χ4n) is 4.93. The minimum Gasteiger partial charge on any atom is -0.304 e. The van der Waals surface area contributed by atoms with Crippen LogP contribution in [0.4, 0.5) is 0 Å². The van der Waals surface area contributed by atoms with E-state index in [0.29, 0.717) is 11.8 Å². The van der Waals surface area contributed by atoms with Gasteiger partial charge < -0.3 is 4.90 Å². The van der Waals surface area contributed by atoms with Crippen molar-refractivity contribution >= 4 is 0 Å². The summed E-state index contributed by atoms with van der Waals surface area (Å²) < 4.78 is 0. The summed E-state index contributed by atoms with van der Waals surface area (Å²) in [6.07, 6.45) is 2.66. The van der Waals surface area contributed by atoms with Gasteiger partial charge in [0, 0.05) is 11.8 Å². The Hall–Kier alpha value is -1.60. The van der Waals surface area contributed by atoms with Crippen molar-refractivity contribution < 1.29 is 0 Å². The molecule has 2 aromatic rings. The van der Waals surface area contributed by atoms with E-state index in [0.717, 1.165) is 5.92 Å². The summed E-state index contributed by atoms with van der Waals surface area (Å²) in [5.41, 5.74) is 6.39. The van der Waals surface area contributed by atoms with Crippen molar-refractivity contribution in [3.63, 3.8) is 0 Å². The summed E-state index contributed by atoms with van der Waals surface area (Å²) in [6.45, 7) is 8.14. The molecule has 1 nitrogen and oxygen atoms in total. The highest BCUT2D eigenvalue weighted by molar-refractivity contribution is 5.55. The highest BCUT2D eigenvalue weighted by Gasteiger charge is 2.42. The lowest BCUT2D eigenvalue weighted by molar-refractivity contribution is 0.245. The van der Waals surface area contributed by atoms with Crippen LogP contribution in [0.5, 0.6) is 0 Å². The van der Waals surface area contributed by atoms with Gasteiger partial charge in [-0.1, -0.05) is 62.4 Å². The van der Waals surface area contributed by atoms with Gasteiger partial charge in [0.2, 0.25) is 0 Å². The zero-order chi connectivity index (χ0) is 15.8. The quantitative estimate of drug-likeness (QED) is 0.750. The van der Waals surface area contributed by atoms with Gasteiger partial charge in [0.15, 0.2) is 0 Å². The van der Waals surface area contributed by atoms with E-state index < -0.39 is 0 Å². The Kier molecular flexibility index (Phi) is 3.98. The molecular weight excluding hydrogens is 278 g/mol. The van der Waals surface area contributed by atoms with Crippen LogP contribution in [0.1, 0.15) is 60.8 Å². The molecule has 3 aliphatic carbocycles. The normalized spacial score (nSPS) is 24.6. The molecule has 0 spiro atoms. The van der Waals surface area contributed by atoms with Crippen LogP contribution in [0.2, 0.25) is 0 Å². The van der Waals surface area contributed by atoms with E-state index in [1.165, 1.54) is 32.5 Å². The Morgan fingerprint density at radius 2 is 1.35 bits per heavy atom. The van der Waals surface area contributed by atoms with Crippen molar-refractivity contribution in [3.05, 3.63) is 70.8 Å². The molecule has 5 rings (SSSR count). The van der Waals surface area contributed by atoms with Crippen molar-refractivity contribution in [2.75, 3.05) is 19.6 Å². The molecule has 0 radical (unpaired) electrons. The Bertz CT molecular complexity index is 638. The van der Waals surface area contributed by atoms with E-state index in [1.54, 1.807) is 22.3 Å². The van der Waals surface area contributed by atoms with Crippen molar-refractivity contribution in [2.24, 2.45) is 5.92 Å². The molecule has 2 aromatic carbocycles. The molecule has 0 amide bonds. The van der Waals surface area contributed by atoms with E-state index >= 15 is 0 Å². The largest absolute Gasteiger partial charge is 0.304 e. The van der Waals surface area contributed by atoms with Crippen LogP contribution in [0, 0.1) is 5.92 Å². The SMILES string of the molecule is CCN(CC)CCC1CC2c3ccccc3C1c1ccccc12. The summed E-state index contributed by atoms with van der Waals surface area (Å²) in [6, 6.07) is 18.4. The van der Waals surface area contributed by atoms with Crippen LogP contribution in [0.3, 0.4) is 0 Å². The summed E-state index contributed by atoms with van der Waals surface area (Å²) in [5.74, 6) is 2.03. The van der Waals surface area contributed by atoms with Crippen molar-refractivity contribution in [1.82, 2.24) is 4.90 Å². The number of hydrogen-bond donors (Lipinski definition) is 0. The highest BCUT2D eigenvalue weighted by atomic mass is 15.1. The van der Waals surface area contributed by atoms with E-state index in [-0.39, 0.29) is 0 Å². The second-order valence-corrected chi connectivity index (χ2v) is 7.10. The van der Waals surface area contributed by atoms with Crippen LogP contribution in [0.25, 0.3) is 0 Å². The molecule has 0 aliphatic heterocycles. The van der Waals surface area contributed by atoms with E-state index in [4.69, 9.17) is 0 Å². The third kappa shape index (κ3) is 2.42. The molecule has 0 aromatic heterocycles. The topological polar surface area (TPSA) is 3.24 Å². The third-order valence-corrected chi connectivity index (χ3v) is 6.13. The van der Waals surface area contributed by atoms with Crippen molar-refractivity contribution in [2.45, 2.75) is 38.5 Å².